The van der Waals surface area contributed by atoms with Crippen LogP contribution in [0.15, 0.2) is 30.3 Å². The highest BCUT2D eigenvalue weighted by atomic mass is 19.1. The third kappa shape index (κ3) is 4.22. The van der Waals surface area contributed by atoms with Gasteiger partial charge in [-0.2, -0.15) is 5.26 Å². The fourth-order valence-corrected chi connectivity index (χ4v) is 2.32. The minimum atomic E-state index is -1.04. The Bertz CT molecular complexity index is 904. The minimum Gasteiger partial charge on any atom is -0.324 e. The van der Waals surface area contributed by atoms with Crippen LogP contribution in [0.4, 0.5) is 20.2 Å². The first-order valence-electron chi connectivity index (χ1n) is 8.02. The third-order valence-electron chi connectivity index (χ3n) is 3.76. The lowest BCUT2D eigenvalue weighted by Gasteiger charge is -2.12. The van der Waals surface area contributed by atoms with Crippen molar-refractivity contribution in [3.05, 3.63) is 58.7 Å². The topological polar surface area (TPSA) is 82.0 Å². The maximum atomic E-state index is 14.0. The molecule has 2 aromatic carbocycles. The first-order chi connectivity index (χ1) is 12.4. The van der Waals surface area contributed by atoms with Gasteiger partial charge in [0.2, 0.25) is 5.91 Å². The lowest BCUT2D eigenvalue weighted by atomic mass is 10.1. The molecular formula is C19H17F2N3O2. The molecule has 0 aliphatic rings. The predicted octanol–water partition coefficient (Wildman–Crippen LogP) is 4.00. The number of hydrogen-bond acceptors (Lipinski definition) is 3. The molecule has 0 aliphatic carbocycles. The molecule has 134 valence electrons. The normalized spacial score (nSPS) is 10.1. The highest BCUT2D eigenvalue weighted by molar-refractivity contribution is 6.06. The van der Waals surface area contributed by atoms with E-state index in [1.54, 1.807) is 19.1 Å². The van der Waals surface area contributed by atoms with E-state index in [1.165, 1.54) is 6.07 Å². The van der Waals surface area contributed by atoms with Crippen LogP contribution in [0.2, 0.25) is 0 Å². The van der Waals surface area contributed by atoms with Gasteiger partial charge in [0.25, 0.3) is 5.91 Å². The second-order valence-corrected chi connectivity index (χ2v) is 5.51. The molecule has 2 aromatic rings. The van der Waals surface area contributed by atoms with Crippen LogP contribution in [0, 0.1) is 23.0 Å². The third-order valence-corrected chi connectivity index (χ3v) is 3.76. The van der Waals surface area contributed by atoms with Crippen LogP contribution >= 0.6 is 0 Å². The van der Waals surface area contributed by atoms with Gasteiger partial charge in [0.1, 0.15) is 11.6 Å². The van der Waals surface area contributed by atoms with Crippen molar-refractivity contribution in [2.75, 3.05) is 10.6 Å². The molecule has 0 fully saturated rings. The lowest BCUT2D eigenvalue weighted by molar-refractivity contribution is -0.115. The number of nitrogens with one attached hydrogen (secondary N) is 2. The van der Waals surface area contributed by atoms with Gasteiger partial charge in [0.15, 0.2) is 0 Å². The number of carbonyl (C=O) groups is 2. The van der Waals surface area contributed by atoms with Crippen molar-refractivity contribution in [2.24, 2.45) is 0 Å². The summed E-state index contributed by atoms with van der Waals surface area (Å²) in [5.74, 6) is -3.24. The number of anilines is 2. The van der Waals surface area contributed by atoms with Crippen molar-refractivity contribution in [3.8, 4) is 6.07 Å². The van der Waals surface area contributed by atoms with Crippen LogP contribution in [0.3, 0.4) is 0 Å². The second-order valence-electron chi connectivity index (χ2n) is 5.51. The highest BCUT2D eigenvalue weighted by Crippen LogP contribution is 2.23. The molecule has 0 heterocycles. The number of benzene rings is 2. The predicted molar refractivity (Wildman–Crippen MR) is 93.8 cm³/mol. The van der Waals surface area contributed by atoms with Gasteiger partial charge in [-0.1, -0.05) is 13.8 Å². The Labute approximate surface area is 149 Å². The Morgan fingerprint density at radius 3 is 2.38 bits per heavy atom. The maximum absolute atomic E-state index is 14.0. The average molecular weight is 357 g/mol. The number of halogens is 2. The molecule has 0 saturated heterocycles. The molecule has 0 unspecified atom stereocenters. The Kier molecular flexibility index (Phi) is 6.02. The van der Waals surface area contributed by atoms with Gasteiger partial charge >= 0.3 is 0 Å². The molecule has 0 aliphatic heterocycles. The maximum Gasteiger partial charge on any atom is 0.258 e. The van der Waals surface area contributed by atoms with Gasteiger partial charge in [-0.3, -0.25) is 9.59 Å². The Hall–Kier alpha value is -3.27. The summed E-state index contributed by atoms with van der Waals surface area (Å²) in [7, 11) is 0. The summed E-state index contributed by atoms with van der Waals surface area (Å²) in [5, 5.41) is 13.8. The zero-order valence-electron chi connectivity index (χ0n) is 14.3. The van der Waals surface area contributed by atoms with Crippen molar-refractivity contribution in [1.29, 1.82) is 5.26 Å². The smallest absolute Gasteiger partial charge is 0.258 e. The lowest BCUT2D eigenvalue weighted by Crippen LogP contribution is -2.17. The monoisotopic (exact) mass is 357 g/mol. The van der Waals surface area contributed by atoms with Crippen molar-refractivity contribution in [1.82, 2.24) is 0 Å². The van der Waals surface area contributed by atoms with E-state index in [4.69, 9.17) is 5.26 Å². The molecule has 0 bridgehead atoms. The molecule has 7 heteroatoms. The van der Waals surface area contributed by atoms with Gasteiger partial charge in [-0.25, -0.2) is 8.78 Å². The van der Waals surface area contributed by atoms with Gasteiger partial charge in [-0.15, -0.1) is 0 Å². The Balaban J connectivity index is 2.34. The fourth-order valence-electron chi connectivity index (χ4n) is 2.32. The summed E-state index contributed by atoms with van der Waals surface area (Å²) in [6.07, 6.45) is 0.665. The van der Waals surface area contributed by atoms with Crippen LogP contribution in [-0.4, -0.2) is 11.8 Å². The van der Waals surface area contributed by atoms with E-state index in [-0.39, 0.29) is 12.1 Å². The molecule has 0 aromatic heterocycles. The van der Waals surface area contributed by atoms with Crippen LogP contribution in [0.5, 0.6) is 0 Å². The van der Waals surface area contributed by atoms with E-state index in [9.17, 15) is 18.4 Å². The number of aryl methyl sites for hydroxylation is 1. The molecule has 2 amide bonds. The quantitative estimate of drug-likeness (QED) is 0.848. The molecule has 0 spiro atoms. The average Bonchev–Trinajstić information content (AvgIpc) is 2.63. The van der Waals surface area contributed by atoms with E-state index < -0.39 is 29.0 Å². The van der Waals surface area contributed by atoms with Crippen molar-refractivity contribution in [3.63, 3.8) is 0 Å². The molecule has 0 atom stereocenters. The second kappa shape index (κ2) is 8.21. The van der Waals surface area contributed by atoms with E-state index in [0.29, 0.717) is 29.3 Å². The van der Waals surface area contributed by atoms with E-state index >= 15 is 0 Å². The number of hydrogen-bond donors (Lipinski definition) is 2. The zero-order valence-corrected chi connectivity index (χ0v) is 14.3. The summed E-state index contributed by atoms with van der Waals surface area (Å²) in [6, 6.07) is 8.23. The van der Waals surface area contributed by atoms with Crippen molar-refractivity contribution in [2.45, 2.75) is 26.7 Å². The Morgan fingerprint density at radius 1 is 1.04 bits per heavy atom. The standard InChI is InChI=1S/C19H17F2N3O2/c1-3-12-7-11(10-22)5-6-16(12)24-19(26)13-8-17(23-18(25)4-2)15(21)9-14(13)20/h5-9H,3-4H2,1-2H3,(H,23,25)(H,24,26). The summed E-state index contributed by atoms with van der Waals surface area (Å²) in [4.78, 5) is 23.9. The Morgan fingerprint density at radius 2 is 1.77 bits per heavy atom. The number of rotatable bonds is 5. The molecule has 2 rings (SSSR count). The molecular weight excluding hydrogens is 340 g/mol. The molecule has 26 heavy (non-hydrogen) atoms. The SMILES string of the molecule is CCC(=O)Nc1cc(C(=O)Nc2ccc(C#N)cc2CC)c(F)cc1F. The number of amides is 2. The summed E-state index contributed by atoms with van der Waals surface area (Å²) in [6.45, 7) is 3.44. The van der Waals surface area contributed by atoms with E-state index in [1.807, 2.05) is 13.0 Å². The molecule has 5 nitrogen and oxygen atoms in total. The first kappa shape index (κ1) is 19.1. The van der Waals surface area contributed by atoms with E-state index in [0.717, 1.165) is 6.07 Å². The van der Waals surface area contributed by atoms with Crippen molar-refractivity contribution >= 4 is 23.2 Å². The molecule has 0 saturated carbocycles. The van der Waals surface area contributed by atoms with Crippen LogP contribution < -0.4 is 10.6 Å². The number of nitriles is 1. The summed E-state index contributed by atoms with van der Waals surface area (Å²) < 4.78 is 27.8. The van der Waals surface area contributed by atoms with Gasteiger partial charge < -0.3 is 10.6 Å². The van der Waals surface area contributed by atoms with Crippen LogP contribution in [0.1, 0.15) is 41.8 Å². The first-order valence-corrected chi connectivity index (χ1v) is 8.02. The summed E-state index contributed by atoms with van der Waals surface area (Å²) >= 11 is 0. The highest BCUT2D eigenvalue weighted by Gasteiger charge is 2.18. The van der Waals surface area contributed by atoms with E-state index in [2.05, 4.69) is 10.6 Å². The van der Waals surface area contributed by atoms with Crippen LogP contribution in [-0.2, 0) is 11.2 Å². The fraction of sp³-hybridized carbons (Fsp3) is 0.211. The van der Waals surface area contributed by atoms with Gasteiger partial charge in [0.05, 0.1) is 22.9 Å². The molecule has 2 N–H and O–H groups in total. The van der Waals surface area contributed by atoms with Gasteiger partial charge in [0, 0.05) is 18.2 Å². The largest absolute Gasteiger partial charge is 0.324 e. The van der Waals surface area contributed by atoms with Gasteiger partial charge in [-0.05, 0) is 36.2 Å². The zero-order chi connectivity index (χ0) is 19.3. The molecule has 0 radical (unpaired) electrons. The number of carbonyl (C=O) groups excluding carboxylic acids is 2. The summed E-state index contributed by atoms with van der Waals surface area (Å²) in [5.41, 5.74) is 0.916. The number of nitrogens with zero attached hydrogens (tertiary/aromatic N) is 1. The van der Waals surface area contributed by atoms with Crippen LogP contribution in [0.25, 0.3) is 0 Å². The van der Waals surface area contributed by atoms with Crippen molar-refractivity contribution < 1.29 is 18.4 Å². The minimum absolute atomic E-state index is 0.115.